The van der Waals surface area contributed by atoms with E-state index in [9.17, 15) is 4.79 Å². The van der Waals surface area contributed by atoms with Gasteiger partial charge in [0, 0.05) is 55.4 Å². The van der Waals surface area contributed by atoms with E-state index < -0.39 is 0 Å². The van der Waals surface area contributed by atoms with Crippen molar-refractivity contribution in [3.05, 3.63) is 60.4 Å². The average Bonchev–Trinajstić information content (AvgIpc) is 3.20. The number of aromatic nitrogens is 4. The lowest BCUT2D eigenvalue weighted by Gasteiger charge is -2.11. The molecule has 0 radical (unpaired) electrons. The Morgan fingerprint density at radius 3 is 2.64 bits per heavy atom. The second-order valence-electron chi connectivity index (χ2n) is 6.76. The standard InChI is InChI=1S/C21H25N5O2/c1-15(2)20-22-10-12-26(20)11-4-9-23-21(27)17-5-7-18(24-14-17)16-6-8-19(28-3)25-13-16/h5-8,10,12-15H,4,9,11H2,1-3H3,(H,23,27). The zero-order valence-corrected chi connectivity index (χ0v) is 16.4. The fourth-order valence-corrected chi connectivity index (χ4v) is 2.92. The maximum atomic E-state index is 12.3. The molecule has 0 spiro atoms. The molecule has 3 aromatic heterocycles. The Balaban J connectivity index is 1.51. The van der Waals surface area contributed by atoms with E-state index in [0.29, 0.717) is 23.9 Å². The van der Waals surface area contributed by atoms with Crippen molar-refractivity contribution < 1.29 is 9.53 Å². The number of carbonyl (C=O) groups excluding carboxylic acids is 1. The molecule has 0 aliphatic heterocycles. The van der Waals surface area contributed by atoms with Gasteiger partial charge in [0.2, 0.25) is 5.88 Å². The van der Waals surface area contributed by atoms with E-state index in [1.54, 1.807) is 31.6 Å². The summed E-state index contributed by atoms with van der Waals surface area (Å²) in [7, 11) is 1.58. The number of ether oxygens (including phenoxy) is 1. The highest BCUT2D eigenvalue weighted by molar-refractivity contribution is 5.94. The van der Waals surface area contributed by atoms with Crippen LogP contribution in [0.3, 0.4) is 0 Å². The summed E-state index contributed by atoms with van der Waals surface area (Å²) in [6.07, 6.45) is 7.92. The molecule has 0 saturated carbocycles. The first-order valence-electron chi connectivity index (χ1n) is 9.34. The number of carbonyl (C=O) groups is 1. The summed E-state index contributed by atoms with van der Waals surface area (Å²) >= 11 is 0. The fraction of sp³-hybridized carbons (Fsp3) is 0.333. The van der Waals surface area contributed by atoms with Crippen LogP contribution in [0.25, 0.3) is 11.3 Å². The van der Waals surface area contributed by atoms with E-state index in [1.807, 2.05) is 24.5 Å². The lowest BCUT2D eigenvalue weighted by molar-refractivity contribution is 0.0952. The predicted octanol–water partition coefficient (Wildman–Crippen LogP) is 3.29. The average molecular weight is 379 g/mol. The summed E-state index contributed by atoms with van der Waals surface area (Å²) in [4.78, 5) is 25.2. The first-order valence-corrected chi connectivity index (χ1v) is 9.34. The number of nitrogens with one attached hydrogen (secondary N) is 1. The fourth-order valence-electron chi connectivity index (χ4n) is 2.92. The lowest BCUT2D eigenvalue weighted by Crippen LogP contribution is -2.25. The smallest absolute Gasteiger partial charge is 0.252 e. The maximum Gasteiger partial charge on any atom is 0.252 e. The third kappa shape index (κ3) is 4.73. The molecular weight excluding hydrogens is 354 g/mol. The van der Waals surface area contributed by atoms with Crippen LogP contribution in [0.15, 0.2) is 49.1 Å². The number of pyridine rings is 2. The Bertz CT molecular complexity index is 901. The minimum Gasteiger partial charge on any atom is -0.481 e. The Kier molecular flexibility index (Phi) is 6.37. The molecule has 0 atom stereocenters. The molecular formula is C21H25N5O2. The molecule has 0 aliphatic carbocycles. The molecule has 3 rings (SSSR count). The van der Waals surface area contributed by atoms with Gasteiger partial charge in [0.15, 0.2) is 0 Å². The minimum atomic E-state index is -0.123. The van der Waals surface area contributed by atoms with Crippen LogP contribution in [-0.4, -0.2) is 39.1 Å². The zero-order valence-electron chi connectivity index (χ0n) is 16.4. The number of hydrogen-bond donors (Lipinski definition) is 1. The largest absolute Gasteiger partial charge is 0.481 e. The van der Waals surface area contributed by atoms with Crippen LogP contribution in [-0.2, 0) is 6.54 Å². The Morgan fingerprint density at radius 1 is 1.14 bits per heavy atom. The molecule has 0 aromatic carbocycles. The third-order valence-electron chi connectivity index (χ3n) is 4.39. The molecule has 1 N–H and O–H groups in total. The Morgan fingerprint density at radius 2 is 2.00 bits per heavy atom. The van der Waals surface area contributed by atoms with E-state index in [0.717, 1.165) is 30.0 Å². The number of aryl methyl sites for hydroxylation is 1. The number of rotatable bonds is 8. The van der Waals surface area contributed by atoms with Gasteiger partial charge in [0.05, 0.1) is 18.4 Å². The van der Waals surface area contributed by atoms with Crippen LogP contribution < -0.4 is 10.1 Å². The first-order chi connectivity index (χ1) is 13.6. The molecule has 146 valence electrons. The summed E-state index contributed by atoms with van der Waals surface area (Å²) in [5, 5.41) is 2.94. The summed E-state index contributed by atoms with van der Waals surface area (Å²) < 4.78 is 7.19. The van der Waals surface area contributed by atoms with Gasteiger partial charge in [-0.05, 0) is 24.6 Å². The van der Waals surface area contributed by atoms with Gasteiger partial charge in [0.1, 0.15) is 5.82 Å². The summed E-state index contributed by atoms with van der Waals surface area (Å²) in [6, 6.07) is 7.26. The van der Waals surface area contributed by atoms with E-state index in [-0.39, 0.29) is 5.91 Å². The van der Waals surface area contributed by atoms with Crippen molar-refractivity contribution in [1.29, 1.82) is 0 Å². The first kappa shape index (κ1) is 19.5. The van der Waals surface area contributed by atoms with E-state index >= 15 is 0 Å². The van der Waals surface area contributed by atoms with E-state index in [1.165, 1.54) is 0 Å². The van der Waals surface area contributed by atoms with Crippen molar-refractivity contribution in [2.24, 2.45) is 0 Å². The highest BCUT2D eigenvalue weighted by Crippen LogP contribution is 2.18. The van der Waals surface area contributed by atoms with Crippen molar-refractivity contribution in [2.45, 2.75) is 32.7 Å². The second-order valence-corrected chi connectivity index (χ2v) is 6.76. The molecule has 0 bridgehead atoms. The molecule has 1 amide bonds. The van der Waals surface area contributed by atoms with Crippen molar-refractivity contribution in [3.8, 4) is 17.1 Å². The summed E-state index contributed by atoms with van der Waals surface area (Å²) in [6.45, 7) is 5.67. The van der Waals surface area contributed by atoms with Gasteiger partial charge in [-0.2, -0.15) is 0 Å². The monoisotopic (exact) mass is 379 g/mol. The third-order valence-corrected chi connectivity index (χ3v) is 4.39. The highest BCUT2D eigenvalue weighted by Gasteiger charge is 2.09. The maximum absolute atomic E-state index is 12.3. The van der Waals surface area contributed by atoms with Crippen LogP contribution in [0.2, 0.25) is 0 Å². The molecule has 7 heteroatoms. The molecule has 7 nitrogen and oxygen atoms in total. The predicted molar refractivity (Wildman–Crippen MR) is 107 cm³/mol. The quantitative estimate of drug-likeness (QED) is 0.607. The van der Waals surface area contributed by atoms with Gasteiger partial charge in [-0.1, -0.05) is 13.8 Å². The van der Waals surface area contributed by atoms with Crippen LogP contribution >= 0.6 is 0 Å². The number of nitrogens with zero attached hydrogens (tertiary/aromatic N) is 4. The van der Waals surface area contributed by atoms with Crippen molar-refractivity contribution >= 4 is 5.91 Å². The Hall–Kier alpha value is -3.22. The van der Waals surface area contributed by atoms with Crippen LogP contribution in [0, 0.1) is 0 Å². The van der Waals surface area contributed by atoms with Crippen molar-refractivity contribution in [3.63, 3.8) is 0 Å². The SMILES string of the molecule is COc1ccc(-c2ccc(C(=O)NCCCn3ccnc3C(C)C)cn2)cn1. The molecule has 0 aliphatic rings. The van der Waals surface area contributed by atoms with E-state index in [2.05, 4.69) is 38.7 Å². The second kappa shape index (κ2) is 9.12. The molecule has 0 unspecified atom stereocenters. The van der Waals surface area contributed by atoms with E-state index in [4.69, 9.17) is 4.74 Å². The molecule has 28 heavy (non-hydrogen) atoms. The van der Waals surface area contributed by atoms with Crippen molar-refractivity contribution in [2.75, 3.05) is 13.7 Å². The molecule has 0 saturated heterocycles. The van der Waals surface area contributed by atoms with Gasteiger partial charge in [-0.15, -0.1) is 0 Å². The van der Waals surface area contributed by atoms with Gasteiger partial charge in [0.25, 0.3) is 5.91 Å². The number of amides is 1. The van der Waals surface area contributed by atoms with Gasteiger partial charge >= 0.3 is 0 Å². The van der Waals surface area contributed by atoms with Crippen LogP contribution in [0.1, 0.15) is 42.4 Å². The lowest BCUT2D eigenvalue weighted by atomic mass is 10.1. The minimum absolute atomic E-state index is 0.123. The van der Waals surface area contributed by atoms with Crippen LogP contribution in [0.5, 0.6) is 5.88 Å². The summed E-state index contributed by atoms with van der Waals surface area (Å²) in [5.41, 5.74) is 2.16. The summed E-state index contributed by atoms with van der Waals surface area (Å²) in [5.74, 6) is 1.88. The molecule has 3 aromatic rings. The topological polar surface area (TPSA) is 81.9 Å². The molecule has 0 fully saturated rings. The number of methoxy groups -OCH3 is 1. The number of imidazole rings is 1. The zero-order chi connectivity index (χ0) is 19.9. The van der Waals surface area contributed by atoms with Crippen LogP contribution in [0.4, 0.5) is 0 Å². The van der Waals surface area contributed by atoms with Gasteiger partial charge in [-0.3, -0.25) is 9.78 Å². The van der Waals surface area contributed by atoms with Crippen molar-refractivity contribution in [1.82, 2.24) is 24.8 Å². The van der Waals surface area contributed by atoms with Gasteiger partial charge < -0.3 is 14.6 Å². The molecule has 3 heterocycles. The normalized spacial score (nSPS) is 10.9. The number of hydrogen-bond acceptors (Lipinski definition) is 5. The Labute approximate surface area is 164 Å². The van der Waals surface area contributed by atoms with Gasteiger partial charge in [-0.25, -0.2) is 9.97 Å². The highest BCUT2D eigenvalue weighted by atomic mass is 16.5.